The van der Waals surface area contributed by atoms with Crippen molar-refractivity contribution in [2.45, 2.75) is 26.9 Å². The van der Waals surface area contributed by atoms with Crippen molar-refractivity contribution in [1.82, 2.24) is 0 Å². The summed E-state index contributed by atoms with van der Waals surface area (Å²) in [4.78, 5) is 24.2. The lowest BCUT2D eigenvalue weighted by molar-refractivity contribution is -0.123. The van der Waals surface area contributed by atoms with Gasteiger partial charge in [0, 0.05) is 10.7 Å². The summed E-state index contributed by atoms with van der Waals surface area (Å²) in [7, 11) is 0. The zero-order chi connectivity index (χ0) is 17.0. The molecule has 0 unspecified atom stereocenters. The Balaban J connectivity index is 2.02. The van der Waals surface area contributed by atoms with Crippen LogP contribution < -0.4 is 5.32 Å². The molecular weight excluding hydrogens is 314 g/mol. The molecule has 120 valence electrons. The van der Waals surface area contributed by atoms with E-state index in [0.717, 1.165) is 11.1 Å². The maximum absolute atomic E-state index is 12.2. The fourth-order valence-corrected chi connectivity index (χ4v) is 2.19. The van der Waals surface area contributed by atoms with E-state index < -0.39 is 12.1 Å². The number of hydrogen-bond acceptors (Lipinski definition) is 3. The lowest BCUT2D eigenvalue weighted by Crippen LogP contribution is -2.30. The van der Waals surface area contributed by atoms with Gasteiger partial charge in [-0.2, -0.15) is 0 Å². The van der Waals surface area contributed by atoms with Crippen molar-refractivity contribution in [2.24, 2.45) is 0 Å². The predicted octanol–water partition coefficient (Wildman–Crippen LogP) is 4.14. The van der Waals surface area contributed by atoms with Gasteiger partial charge in [0.15, 0.2) is 6.10 Å². The molecule has 0 aliphatic rings. The molecule has 1 N–H and O–H groups in total. The molecule has 2 aromatic rings. The van der Waals surface area contributed by atoms with Crippen molar-refractivity contribution in [3.05, 3.63) is 64.2 Å². The van der Waals surface area contributed by atoms with Gasteiger partial charge in [0.25, 0.3) is 5.91 Å². The number of anilines is 1. The number of amides is 1. The first-order chi connectivity index (χ1) is 10.9. The number of halogens is 1. The first-order valence-corrected chi connectivity index (χ1v) is 7.59. The molecule has 0 aliphatic heterocycles. The molecular formula is C18H18ClNO3. The number of esters is 1. The van der Waals surface area contributed by atoms with Crippen LogP contribution >= 0.6 is 11.6 Å². The number of hydrogen-bond donors (Lipinski definition) is 1. The van der Waals surface area contributed by atoms with Crippen LogP contribution in [0.4, 0.5) is 5.69 Å². The number of carbonyl (C=O) groups excluding carboxylic acids is 2. The SMILES string of the molecule is Cc1ccc(C)c(NC(=O)[C@H](C)OC(=O)c2cccc(Cl)c2)c1. The van der Waals surface area contributed by atoms with Gasteiger partial charge in [0.05, 0.1) is 5.56 Å². The van der Waals surface area contributed by atoms with Crippen LogP contribution in [0.2, 0.25) is 5.02 Å². The van der Waals surface area contributed by atoms with Crippen LogP contribution in [0.25, 0.3) is 0 Å². The lowest BCUT2D eigenvalue weighted by atomic mass is 10.1. The monoisotopic (exact) mass is 331 g/mol. The van der Waals surface area contributed by atoms with E-state index in [1.165, 1.54) is 13.0 Å². The summed E-state index contributed by atoms with van der Waals surface area (Å²) in [5.41, 5.74) is 3.00. The Kier molecular flexibility index (Phi) is 5.40. The summed E-state index contributed by atoms with van der Waals surface area (Å²) in [6.45, 7) is 5.37. The largest absolute Gasteiger partial charge is 0.449 e. The van der Waals surface area contributed by atoms with Crippen molar-refractivity contribution in [2.75, 3.05) is 5.32 Å². The second kappa shape index (κ2) is 7.29. The van der Waals surface area contributed by atoms with Crippen LogP contribution in [0.15, 0.2) is 42.5 Å². The molecule has 2 aromatic carbocycles. The zero-order valence-electron chi connectivity index (χ0n) is 13.2. The highest BCUT2D eigenvalue weighted by atomic mass is 35.5. The first kappa shape index (κ1) is 17.0. The minimum atomic E-state index is -0.915. The summed E-state index contributed by atoms with van der Waals surface area (Å²) in [6, 6.07) is 12.2. The molecule has 0 radical (unpaired) electrons. The predicted molar refractivity (Wildman–Crippen MR) is 90.9 cm³/mol. The van der Waals surface area contributed by atoms with Gasteiger partial charge in [-0.1, -0.05) is 29.8 Å². The van der Waals surface area contributed by atoms with Crippen LogP contribution in [0.3, 0.4) is 0 Å². The first-order valence-electron chi connectivity index (χ1n) is 7.21. The quantitative estimate of drug-likeness (QED) is 0.857. The second-order valence-corrected chi connectivity index (χ2v) is 5.80. The third kappa shape index (κ3) is 4.57. The molecule has 0 heterocycles. The molecule has 0 aliphatic carbocycles. The van der Waals surface area contributed by atoms with Crippen LogP contribution in [-0.4, -0.2) is 18.0 Å². The number of aryl methyl sites for hydroxylation is 2. The van der Waals surface area contributed by atoms with Crippen molar-refractivity contribution in [1.29, 1.82) is 0 Å². The van der Waals surface area contributed by atoms with E-state index in [4.69, 9.17) is 16.3 Å². The van der Waals surface area contributed by atoms with Gasteiger partial charge in [-0.15, -0.1) is 0 Å². The van der Waals surface area contributed by atoms with Crippen LogP contribution in [0.1, 0.15) is 28.4 Å². The Morgan fingerprint density at radius 1 is 1.13 bits per heavy atom. The average molecular weight is 332 g/mol. The molecule has 0 spiro atoms. The van der Waals surface area contributed by atoms with Crippen molar-refractivity contribution in [3.8, 4) is 0 Å². The number of ether oxygens (including phenoxy) is 1. The molecule has 1 atom stereocenters. The highest BCUT2D eigenvalue weighted by Crippen LogP contribution is 2.17. The number of rotatable bonds is 4. The minimum Gasteiger partial charge on any atom is -0.449 e. The molecule has 0 saturated heterocycles. The van der Waals surface area contributed by atoms with E-state index >= 15 is 0 Å². The number of carbonyl (C=O) groups is 2. The molecule has 5 heteroatoms. The highest BCUT2D eigenvalue weighted by Gasteiger charge is 2.19. The smallest absolute Gasteiger partial charge is 0.338 e. The van der Waals surface area contributed by atoms with E-state index in [0.29, 0.717) is 16.3 Å². The lowest BCUT2D eigenvalue weighted by Gasteiger charge is -2.15. The third-order valence-corrected chi connectivity index (χ3v) is 3.60. The normalized spacial score (nSPS) is 11.7. The Morgan fingerprint density at radius 3 is 2.57 bits per heavy atom. The Morgan fingerprint density at radius 2 is 1.87 bits per heavy atom. The summed E-state index contributed by atoms with van der Waals surface area (Å²) in [5.74, 6) is -0.967. The minimum absolute atomic E-state index is 0.309. The Labute approximate surface area is 140 Å². The van der Waals surface area contributed by atoms with Gasteiger partial charge >= 0.3 is 5.97 Å². The second-order valence-electron chi connectivity index (χ2n) is 5.37. The molecule has 0 bridgehead atoms. The van der Waals surface area contributed by atoms with Gasteiger partial charge in [0.1, 0.15) is 0 Å². The third-order valence-electron chi connectivity index (χ3n) is 3.36. The topological polar surface area (TPSA) is 55.4 Å². The van der Waals surface area contributed by atoms with Gasteiger partial charge in [0.2, 0.25) is 0 Å². The van der Waals surface area contributed by atoms with E-state index in [2.05, 4.69) is 5.32 Å². The van der Waals surface area contributed by atoms with Gasteiger partial charge in [-0.05, 0) is 56.2 Å². The van der Waals surface area contributed by atoms with Crippen molar-refractivity contribution >= 4 is 29.2 Å². The Hall–Kier alpha value is -2.33. The summed E-state index contributed by atoms with van der Waals surface area (Å²) < 4.78 is 5.19. The van der Waals surface area contributed by atoms with E-state index in [1.54, 1.807) is 18.2 Å². The molecule has 0 fully saturated rings. The van der Waals surface area contributed by atoms with Gasteiger partial charge < -0.3 is 10.1 Å². The van der Waals surface area contributed by atoms with E-state index in [9.17, 15) is 9.59 Å². The number of nitrogens with one attached hydrogen (secondary N) is 1. The summed E-state index contributed by atoms with van der Waals surface area (Å²) in [5, 5.41) is 3.21. The maximum atomic E-state index is 12.2. The van der Waals surface area contributed by atoms with Crippen LogP contribution in [0, 0.1) is 13.8 Å². The Bertz CT molecular complexity index is 743. The summed E-state index contributed by atoms with van der Waals surface area (Å²) >= 11 is 5.84. The standard InChI is InChI=1S/C18H18ClNO3/c1-11-7-8-12(2)16(9-11)20-17(21)13(3)23-18(22)14-5-4-6-15(19)10-14/h4-10,13H,1-3H3,(H,20,21)/t13-/m0/s1. The fourth-order valence-electron chi connectivity index (χ4n) is 2.00. The molecule has 2 rings (SSSR count). The molecule has 1 amide bonds. The summed E-state index contributed by atoms with van der Waals surface area (Å²) in [6.07, 6.45) is -0.915. The van der Waals surface area contributed by atoms with Crippen molar-refractivity contribution in [3.63, 3.8) is 0 Å². The maximum Gasteiger partial charge on any atom is 0.338 e. The average Bonchev–Trinajstić information content (AvgIpc) is 2.50. The molecule has 23 heavy (non-hydrogen) atoms. The molecule has 4 nitrogen and oxygen atoms in total. The van der Waals surface area contributed by atoms with Gasteiger partial charge in [-0.25, -0.2) is 4.79 Å². The van der Waals surface area contributed by atoms with E-state index in [-0.39, 0.29) is 5.91 Å². The van der Waals surface area contributed by atoms with E-state index in [1.807, 2.05) is 32.0 Å². The van der Waals surface area contributed by atoms with Crippen LogP contribution in [0.5, 0.6) is 0 Å². The molecule has 0 saturated carbocycles. The fraction of sp³-hybridized carbons (Fsp3) is 0.222. The van der Waals surface area contributed by atoms with Crippen molar-refractivity contribution < 1.29 is 14.3 Å². The molecule has 0 aromatic heterocycles. The van der Waals surface area contributed by atoms with Crippen LogP contribution in [-0.2, 0) is 9.53 Å². The highest BCUT2D eigenvalue weighted by molar-refractivity contribution is 6.30. The number of benzene rings is 2. The van der Waals surface area contributed by atoms with Gasteiger partial charge in [-0.3, -0.25) is 4.79 Å². The zero-order valence-corrected chi connectivity index (χ0v) is 14.0.